The maximum Gasteiger partial charge on any atom is 0.243 e. The molecular formula is C15H16BrN3O. The van der Waals surface area contributed by atoms with Crippen molar-refractivity contribution in [2.24, 2.45) is 0 Å². The van der Waals surface area contributed by atoms with Gasteiger partial charge in [-0.3, -0.25) is 4.79 Å². The summed E-state index contributed by atoms with van der Waals surface area (Å²) in [7, 11) is 1.84. The third-order valence-corrected chi connectivity index (χ3v) is 3.39. The van der Waals surface area contributed by atoms with Crippen molar-refractivity contribution >= 4 is 38.9 Å². The molecule has 0 aromatic heterocycles. The average molecular weight is 334 g/mol. The Labute approximate surface area is 126 Å². The molecule has 0 atom stereocenters. The van der Waals surface area contributed by atoms with Gasteiger partial charge in [-0.1, -0.05) is 28.1 Å². The van der Waals surface area contributed by atoms with E-state index in [1.807, 2.05) is 60.5 Å². The number of nitrogens with two attached hydrogens (primary N) is 1. The van der Waals surface area contributed by atoms with Crippen LogP contribution in [0.3, 0.4) is 0 Å². The number of anilines is 3. The third kappa shape index (κ3) is 3.74. The summed E-state index contributed by atoms with van der Waals surface area (Å²) < 4.78 is 0.977. The van der Waals surface area contributed by atoms with Crippen LogP contribution in [-0.2, 0) is 4.79 Å². The number of carbonyl (C=O) groups is 1. The number of hydrogen-bond donors (Lipinski definition) is 2. The zero-order valence-corrected chi connectivity index (χ0v) is 12.7. The molecule has 5 heteroatoms. The highest BCUT2D eigenvalue weighted by Crippen LogP contribution is 2.21. The molecule has 0 saturated carbocycles. The first-order chi connectivity index (χ1) is 9.56. The minimum Gasteiger partial charge on any atom is -0.397 e. The highest BCUT2D eigenvalue weighted by atomic mass is 79.9. The SMILES string of the molecule is CN(CC(=O)Nc1ccc(Br)cc1)c1ccccc1N. The molecule has 3 N–H and O–H groups in total. The normalized spacial score (nSPS) is 10.1. The van der Waals surface area contributed by atoms with Crippen molar-refractivity contribution in [1.29, 1.82) is 0 Å². The smallest absolute Gasteiger partial charge is 0.243 e. The Morgan fingerprint density at radius 2 is 1.85 bits per heavy atom. The molecular weight excluding hydrogens is 318 g/mol. The predicted octanol–water partition coefficient (Wildman–Crippen LogP) is 3.11. The molecule has 2 aromatic rings. The fourth-order valence-electron chi connectivity index (χ4n) is 1.87. The first kappa shape index (κ1) is 14.4. The number of benzene rings is 2. The molecule has 0 unspecified atom stereocenters. The number of nitrogen functional groups attached to an aromatic ring is 1. The fraction of sp³-hybridized carbons (Fsp3) is 0.133. The van der Waals surface area contributed by atoms with Crippen LogP contribution in [0.25, 0.3) is 0 Å². The summed E-state index contributed by atoms with van der Waals surface area (Å²) in [5.41, 5.74) is 8.16. The van der Waals surface area contributed by atoms with E-state index in [-0.39, 0.29) is 12.5 Å². The van der Waals surface area contributed by atoms with Crippen LogP contribution in [0.2, 0.25) is 0 Å². The van der Waals surface area contributed by atoms with Crippen LogP contribution in [0.4, 0.5) is 17.1 Å². The van der Waals surface area contributed by atoms with Gasteiger partial charge < -0.3 is 16.0 Å². The molecule has 0 aliphatic heterocycles. The Hall–Kier alpha value is -2.01. The summed E-state index contributed by atoms with van der Waals surface area (Å²) in [4.78, 5) is 13.8. The number of amides is 1. The Kier molecular flexibility index (Phi) is 4.63. The Balaban J connectivity index is 1.98. The van der Waals surface area contributed by atoms with E-state index in [0.717, 1.165) is 15.8 Å². The topological polar surface area (TPSA) is 58.4 Å². The van der Waals surface area contributed by atoms with Gasteiger partial charge >= 0.3 is 0 Å². The van der Waals surface area contributed by atoms with Crippen LogP contribution in [-0.4, -0.2) is 19.5 Å². The van der Waals surface area contributed by atoms with Crippen molar-refractivity contribution in [2.75, 3.05) is 29.5 Å². The number of likely N-dealkylation sites (N-methyl/N-ethyl adjacent to an activating group) is 1. The Bertz CT molecular complexity index is 598. The van der Waals surface area contributed by atoms with Crippen molar-refractivity contribution in [3.05, 3.63) is 53.0 Å². The van der Waals surface area contributed by atoms with Gasteiger partial charge in [-0.2, -0.15) is 0 Å². The molecule has 20 heavy (non-hydrogen) atoms. The van der Waals surface area contributed by atoms with E-state index in [2.05, 4.69) is 21.2 Å². The second kappa shape index (κ2) is 6.43. The van der Waals surface area contributed by atoms with Gasteiger partial charge in [0.25, 0.3) is 0 Å². The fourth-order valence-corrected chi connectivity index (χ4v) is 2.13. The van der Waals surface area contributed by atoms with E-state index in [1.54, 1.807) is 0 Å². The minimum atomic E-state index is -0.0851. The molecule has 0 bridgehead atoms. The molecule has 0 fully saturated rings. The van der Waals surface area contributed by atoms with E-state index >= 15 is 0 Å². The molecule has 4 nitrogen and oxygen atoms in total. The first-order valence-corrected chi connectivity index (χ1v) is 6.96. The number of para-hydroxylation sites is 2. The minimum absolute atomic E-state index is 0.0851. The van der Waals surface area contributed by atoms with Gasteiger partial charge in [0.05, 0.1) is 17.9 Å². The lowest BCUT2D eigenvalue weighted by Crippen LogP contribution is -2.30. The van der Waals surface area contributed by atoms with Gasteiger partial charge in [0.1, 0.15) is 0 Å². The van der Waals surface area contributed by atoms with Crippen LogP contribution in [0.1, 0.15) is 0 Å². The van der Waals surface area contributed by atoms with E-state index in [1.165, 1.54) is 0 Å². The van der Waals surface area contributed by atoms with Gasteiger partial charge in [-0.15, -0.1) is 0 Å². The van der Waals surface area contributed by atoms with Crippen LogP contribution in [0.5, 0.6) is 0 Å². The molecule has 0 heterocycles. The second-order valence-corrected chi connectivity index (χ2v) is 5.39. The number of hydrogen-bond acceptors (Lipinski definition) is 3. The predicted molar refractivity (Wildman–Crippen MR) is 86.9 cm³/mol. The van der Waals surface area contributed by atoms with E-state index < -0.39 is 0 Å². The summed E-state index contributed by atoms with van der Waals surface area (Å²) >= 11 is 3.36. The average Bonchev–Trinajstić information content (AvgIpc) is 2.41. The highest BCUT2D eigenvalue weighted by Gasteiger charge is 2.09. The largest absolute Gasteiger partial charge is 0.397 e. The van der Waals surface area contributed by atoms with E-state index in [9.17, 15) is 4.79 Å². The van der Waals surface area contributed by atoms with Crippen molar-refractivity contribution in [3.63, 3.8) is 0 Å². The van der Waals surface area contributed by atoms with Crippen molar-refractivity contribution in [3.8, 4) is 0 Å². The molecule has 0 aliphatic carbocycles. The zero-order valence-electron chi connectivity index (χ0n) is 11.1. The van der Waals surface area contributed by atoms with Crippen LogP contribution in [0.15, 0.2) is 53.0 Å². The lowest BCUT2D eigenvalue weighted by atomic mass is 10.2. The summed E-state index contributed by atoms with van der Waals surface area (Å²) in [6.45, 7) is 0.240. The van der Waals surface area contributed by atoms with Gasteiger partial charge in [0.2, 0.25) is 5.91 Å². The maximum absolute atomic E-state index is 12.0. The Morgan fingerprint density at radius 3 is 2.50 bits per heavy atom. The summed E-state index contributed by atoms with van der Waals surface area (Å²) in [5.74, 6) is -0.0851. The molecule has 0 saturated heterocycles. The highest BCUT2D eigenvalue weighted by molar-refractivity contribution is 9.10. The second-order valence-electron chi connectivity index (χ2n) is 4.47. The van der Waals surface area contributed by atoms with Gasteiger partial charge in [0.15, 0.2) is 0 Å². The molecule has 2 rings (SSSR count). The number of nitrogens with zero attached hydrogens (tertiary/aromatic N) is 1. The lowest BCUT2D eigenvalue weighted by Gasteiger charge is -2.20. The maximum atomic E-state index is 12.0. The number of halogens is 1. The van der Waals surface area contributed by atoms with E-state index in [4.69, 9.17) is 5.73 Å². The summed E-state index contributed by atoms with van der Waals surface area (Å²) in [5, 5.41) is 2.85. The molecule has 0 aliphatic rings. The summed E-state index contributed by atoms with van der Waals surface area (Å²) in [6, 6.07) is 14.9. The molecule has 1 amide bonds. The van der Waals surface area contributed by atoms with Crippen molar-refractivity contribution in [1.82, 2.24) is 0 Å². The van der Waals surface area contributed by atoms with Crippen LogP contribution in [0, 0.1) is 0 Å². The zero-order chi connectivity index (χ0) is 14.5. The van der Waals surface area contributed by atoms with Crippen molar-refractivity contribution < 1.29 is 4.79 Å². The summed E-state index contributed by atoms with van der Waals surface area (Å²) in [6.07, 6.45) is 0. The van der Waals surface area contributed by atoms with Crippen LogP contribution >= 0.6 is 15.9 Å². The Morgan fingerprint density at radius 1 is 1.20 bits per heavy atom. The van der Waals surface area contributed by atoms with Crippen LogP contribution < -0.4 is 16.0 Å². The first-order valence-electron chi connectivity index (χ1n) is 6.17. The number of carbonyl (C=O) groups excluding carboxylic acids is 1. The quantitative estimate of drug-likeness (QED) is 0.845. The molecule has 0 radical (unpaired) electrons. The number of rotatable bonds is 4. The van der Waals surface area contributed by atoms with Gasteiger partial charge in [0, 0.05) is 17.2 Å². The van der Waals surface area contributed by atoms with Gasteiger partial charge in [-0.05, 0) is 36.4 Å². The molecule has 104 valence electrons. The molecule has 2 aromatic carbocycles. The standard InChI is InChI=1S/C15H16BrN3O/c1-19(14-5-3-2-4-13(14)17)10-15(20)18-12-8-6-11(16)7-9-12/h2-9H,10,17H2,1H3,(H,18,20). The van der Waals surface area contributed by atoms with Gasteiger partial charge in [-0.25, -0.2) is 0 Å². The van der Waals surface area contributed by atoms with Crippen molar-refractivity contribution in [2.45, 2.75) is 0 Å². The molecule has 0 spiro atoms. The monoisotopic (exact) mass is 333 g/mol. The van der Waals surface area contributed by atoms with E-state index in [0.29, 0.717) is 5.69 Å². The third-order valence-electron chi connectivity index (χ3n) is 2.86. The lowest BCUT2D eigenvalue weighted by molar-refractivity contribution is -0.114. The number of nitrogens with one attached hydrogen (secondary N) is 1.